The topological polar surface area (TPSA) is 56.4 Å². The molecule has 1 saturated heterocycles. The first-order valence-corrected chi connectivity index (χ1v) is 8.10. The third kappa shape index (κ3) is 3.32. The fourth-order valence-corrected chi connectivity index (χ4v) is 2.96. The van der Waals surface area contributed by atoms with Crippen LogP contribution >= 0.6 is 0 Å². The SMILES string of the molecule is CCc1cc(C(=O)N2CCN(c3ccccc3F)CC2)cc(=O)[nH]1. The smallest absolute Gasteiger partial charge is 0.254 e. The number of hydrogen-bond acceptors (Lipinski definition) is 3. The zero-order chi connectivity index (χ0) is 17.1. The fraction of sp³-hybridized carbons (Fsp3) is 0.333. The molecule has 1 aromatic heterocycles. The largest absolute Gasteiger partial charge is 0.366 e. The van der Waals surface area contributed by atoms with E-state index in [1.54, 1.807) is 29.2 Å². The Bertz CT molecular complexity index is 795. The lowest BCUT2D eigenvalue weighted by Crippen LogP contribution is -2.49. The number of benzene rings is 1. The van der Waals surface area contributed by atoms with E-state index in [1.165, 1.54) is 12.1 Å². The molecule has 1 amide bonds. The second-order valence-electron chi connectivity index (χ2n) is 5.84. The molecule has 1 N–H and O–H groups in total. The van der Waals surface area contributed by atoms with Gasteiger partial charge in [-0.25, -0.2) is 4.39 Å². The van der Waals surface area contributed by atoms with Gasteiger partial charge in [0.2, 0.25) is 5.56 Å². The van der Waals surface area contributed by atoms with Crippen LogP contribution in [0.4, 0.5) is 10.1 Å². The van der Waals surface area contributed by atoms with E-state index in [-0.39, 0.29) is 17.3 Å². The van der Waals surface area contributed by atoms with Gasteiger partial charge in [-0.2, -0.15) is 0 Å². The van der Waals surface area contributed by atoms with E-state index in [0.717, 1.165) is 5.69 Å². The Morgan fingerprint density at radius 1 is 1.17 bits per heavy atom. The Morgan fingerprint density at radius 3 is 2.54 bits per heavy atom. The lowest BCUT2D eigenvalue weighted by molar-refractivity contribution is 0.0746. The van der Waals surface area contributed by atoms with Crippen LogP contribution in [0.25, 0.3) is 0 Å². The Kier molecular flexibility index (Phi) is 4.64. The number of halogens is 1. The highest BCUT2D eigenvalue weighted by Crippen LogP contribution is 2.20. The lowest BCUT2D eigenvalue weighted by atomic mass is 10.1. The van der Waals surface area contributed by atoms with Crippen LogP contribution in [-0.2, 0) is 6.42 Å². The molecule has 126 valence electrons. The number of para-hydroxylation sites is 1. The van der Waals surface area contributed by atoms with Crippen molar-refractivity contribution in [3.63, 3.8) is 0 Å². The third-order valence-corrected chi connectivity index (χ3v) is 4.29. The number of nitrogens with zero attached hydrogens (tertiary/aromatic N) is 2. The molecular formula is C18H20FN3O2. The maximum Gasteiger partial charge on any atom is 0.254 e. The summed E-state index contributed by atoms with van der Waals surface area (Å²) in [5.74, 6) is -0.400. The molecule has 0 unspecified atom stereocenters. The molecule has 0 bridgehead atoms. The summed E-state index contributed by atoms with van der Waals surface area (Å²) in [6.07, 6.45) is 0.664. The van der Waals surface area contributed by atoms with E-state index < -0.39 is 0 Å². The van der Waals surface area contributed by atoms with E-state index in [0.29, 0.717) is 43.9 Å². The van der Waals surface area contributed by atoms with Gasteiger partial charge in [-0.1, -0.05) is 19.1 Å². The summed E-state index contributed by atoms with van der Waals surface area (Å²) in [7, 11) is 0. The molecule has 1 aliphatic rings. The molecule has 24 heavy (non-hydrogen) atoms. The number of hydrogen-bond donors (Lipinski definition) is 1. The van der Waals surface area contributed by atoms with Crippen LogP contribution in [0.3, 0.4) is 0 Å². The molecule has 0 aliphatic carbocycles. The number of H-pyrrole nitrogens is 1. The van der Waals surface area contributed by atoms with E-state index in [9.17, 15) is 14.0 Å². The number of aromatic nitrogens is 1. The number of nitrogens with one attached hydrogen (secondary N) is 1. The van der Waals surface area contributed by atoms with Crippen LogP contribution < -0.4 is 10.5 Å². The van der Waals surface area contributed by atoms with Gasteiger partial charge in [-0.3, -0.25) is 9.59 Å². The van der Waals surface area contributed by atoms with Gasteiger partial charge in [0.1, 0.15) is 5.82 Å². The van der Waals surface area contributed by atoms with Crippen molar-refractivity contribution in [2.45, 2.75) is 13.3 Å². The standard InChI is InChI=1S/C18H20FN3O2/c1-2-14-11-13(12-17(23)20-14)18(24)22-9-7-21(8-10-22)16-6-4-3-5-15(16)19/h3-6,11-12H,2,7-10H2,1H3,(H,20,23). The van der Waals surface area contributed by atoms with Gasteiger partial charge in [0.15, 0.2) is 0 Å². The summed E-state index contributed by atoms with van der Waals surface area (Å²) in [5.41, 5.74) is 1.46. The lowest BCUT2D eigenvalue weighted by Gasteiger charge is -2.36. The average molecular weight is 329 g/mol. The van der Waals surface area contributed by atoms with Gasteiger partial charge in [0.25, 0.3) is 5.91 Å². The number of pyridine rings is 1. The average Bonchev–Trinajstić information content (AvgIpc) is 2.61. The Morgan fingerprint density at radius 2 is 1.88 bits per heavy atom. The monoisotopic (exact) mass is 329 g/mol. The van der Waals surface area contributed by atoms with Gasteiger partial charge in [-0.15, -0.1) is 0 Å². The van der Waals surface area contributed by atoms with E-state index in [2.05, 4.69) is 4.98 Å². The van der Waals surface area contributed by atoms with E-state index >= 15 is 0 Å². The quantitative estimate of drug-likeness (QED) is 0.937. The summed E-state index contributed by atoms with van der Waals surface area (Å²) >= 11 is 0. The zero-order valence-corrected chi connectivity index (χ0v) is 13.6. The van der Waals surface area contributed by atoms with Crippen LogP contribution in [0.2, 0.25) is 0 Å². The summed E-state index contributed by atoms with van der Waals surface area (Å²) in [6.45, 7) is 4.06. The van der Waals surface area contributed by atoms with Crippen LogP contribution in [0.1, 0.15) is 23.0 Å². The van der Waals surface area contributed by atoms with Gasteiger partial charge in [0, 0.05) is 43.5 Å². The molecule has 2 aromatic rings. The minimum absolute atomic E-state index is 0.149. The van der Waals surface area contributed by atoms with Crippen LogP contribution in [0.15, 0.2) is 41.2 Å². The second-order valence-corrected chi connectivity index (χ2v) is 5.84. The number of rotatable bonds is 3. The summed E-state index contributed by atoms with van der Waals surface area (Å²) in [5, 5.41) is 0. The highest BCUT2D eigenvalue weighted by atomic mass is 19.1. The van der Waals surface area contributed by atoms with Gasteiger partial charge in [0.05, 0.1) is 5.69 Å². The first-order chi connectivity index (χ1) is 11.6. The van der Waals surface area contributed by atoms with Crippen molar-refractivity contribution < 1.29 is 9.18 Å². The molecule has 3 rings (SSSR count). The number of piperazine rings is 1. The first-order valence-electron chi connectivity index (χ1n) is 8.10. The normalized spacial score (nSPS) is 14.8. The number of aromatic amines is 1. The highest BCUT2D eigenvalue weighted by Gasteiger charge is 2.24. The van der Waals surface area contributed by atoms with Crippen molar-refractivity contribution >= 4 is 11.6 Å². The number of carbonyl (C=O) groups is 1. The van der Waals surface area contributed by atoms with Crippen LogP contribution in [0, 0.1) is 5.82 Å². The van der Waals surface area contributed by atoms with Crippen LogP contribution in [-0.4, -0.2) is 42.0 Å². The number of carbonyl (C=O) groups excluding carboxylic acids is 1. The van der Waals surface area contributed by atoms with E-state index in [4.69, 9.17) is 0 Å². The zero-order valence-electron chi connectivity index (χ0n) is 13.6. The predicted octanol–water partition coefficient (Wildman–Crippen LogP) is 2.04. The first kappa shape index (κ1) is 16.2. The Balaban J connectivity index is 1.71. The maximum atomic E-state index is 13.9. The molecule has 1 aliphatic heterocycles. The van der Waals surface area contributed by atoms with Crippen molar-refractivity contribution in [2.24, 2.45) is 0 Å². The minimum atomic E-state index is -0.261. The minimum Gasteiger partial charge on any atom is -0.366 e. The molecular weight excluding hydrogens is 309 g/mol. The van der Waals surface area contributed by atoms with Crippen molar-refractivity contribution in [1.29, 1.82) is 0 Å². The Hall–Kier alpha value is -2.63. The molecule has 0 radical (unpaired) electrons. The van der Waals surface area contributed by atoms with Crippen molar-refractivity contribution in [1.82, 2.24) is 9.88 Å². The number of aryl methyl sites for hydroxylation is 1. The maximum absolute atomic E-state index is 13.9. The molecule has 6 heteroatoms. The van der Waals surface area contributed by atoms with Crippen molar-refractivity contribution in [3.8, 4) is 0 Å². The molecule has 0 spiro atoms. The summed E-state index contributed by atoms with van der Waals surface area (Å²) in [6, 6.07) is 9.72. The van der Waals surface area contributed by atoms with E-state index in [1.807, 2.05) is 11.8 Å². The molecule has 2 heterocycles. The van der Waals surface area contributed by atoms with Crippen molar-refractivity contribution in [3.05, 3.63) is 63.8 Å². The molecule has 1 aromatic carbocycles. The van der Waals surface area contributed by atoms with Gasteiger partial charge < -0.3 is 14.8 Å². The number of anilines is 1. The molecule has 5 nitrogen and oxygen atoms in total. The van der Waals surface area contributed by atoms with Crippen molar-refractivity contribution in [2.75, 3.05) is 31.1 Å². The van der Waals surface area contributed by atoms with Gasteiger partial charge >= 0.3 is 0 Å². The van der Waals surface area contributed by atoms with Crippen LogP contribution in [0.5, 0.6) is 0 Å². The summed E-state index contributed by atoms with van der Waals surface area (Å²) < 4.78 is 13.9. The Labute approximate surface area is 139 Å². The second kappa shape index (κ2) is 6.86. The fourth-order valence-electron chi connectivity index (χ4n) is 2.96. The number of amides is 1. The molecule has 0 atom stereocenters. The van der Waals surface area contributed by atoms with Gasteiger partial charge in [-0.05, 0) is 24.6 Å². The third-order valence-electron chi connectivity index (χ3n) is 4.29. The molecule has 1 fully saturated rings. The summed E-state index contributed by atoms with van der Waals surface area (Å²) in [4.78, 5) is 30.6. The predicted molar refractivity (Wildman–Crippen MR) is 91.0 cm³/mol. The highest BCUT2D eigenvalue weighted by molar-refractivity contribution is 5.94. The molecule has 0 saturated carbocycles.